The fraction of sp³-hybridized carbons (Fsp3) is 0.571. The summed E-state index contributed by atoms with van der Waals surface area (Å²) in [4.78, 5) is 36.5. The molecule has 0 saturated carbocycles. The molecule has 0 aliphatic carbocycles. The maximum absolute atomic E-state index is 12.6. The molecule has 2 amide bonds. The van der Waals surface area contributed by atoms with Gasteiger partial charge in [-0.1, -0.05) is 26.5 Å². The Kier molecular flexibility index (Phi) is 14.0. The van der Waals surface area contributed by atoms with Gasteiger partial charge in [0.1, 0.15) is 0 Å². The summed E-state index contributed by atoms with van der Waals surface area (Å²) in [7, 11) is -0.424. The monoisotopic (exact) mass is 504 g/mol. The Balaban J connectivity index is 2.49. The van der Waals surface area contributed by atoms with Crippen molar-refractivity contribution < 1.29 is 37.4 Å². The second-order valence-corrected chi connectivity index (χ2v) is 9.58. The van der Waals surface area contributed by atoms with E-state index in [1.807, 2.05) is 20.1 Å². The first-order chi connectivity index (χ1) is 15.7. The van der Waals surface area contributed by atoms with Crippen LogP contribution in [0.5, 0.6) is 0 Å². The maximum atomic E-state index is 12.6. The molecule has 2 N–H and O–H groups in total. The molecule has 1 heterocycles. The summed E-state index contributed by atoms with van der Waals surface area (Å²) in [5.74, 6) is -0.315. The number of rotatable bonds is 14. The van der Waals surface area contributed by atoms with Crippen LogP contribution in [0.15, 0.2) is 36.6 Å². The van der Waals surface area contributed by atoms with E-state index >= 15 is 0 Å². The first-order valence-corrected chi connectivity index (χ1v) is 12.7. The van der Waals surface area contributed by atoms with Crippen LogP contribution in [-0.4, -0.2) is 69.5 Å². The van der Waals surface area contributed by atoms with Crippen molar-refractivity contribution in [3.63, 3.8) is 0 Å². The molecule has 1 saturated heterocycles. The lowest BCUT2D eigenvalue weighted by molar-refractivity contribution is -0.149. The summed E-state index contributed by atoms with van der Waals surface area (Å²) in [5.41, 5.74) is -0.406. The molecule has 0 bridgehead atoms. The number of ether oxygens (including phenoxy) is 2. The SMILES string of the molecule is C=C/C(=C\C=C\OC)C(=O)OCOP1OCC(C)(C)C(C(=O)NCCC(=O)NCCSC)O1. The van der Waals surface area contributed by atoms with Gasteiger partial charge >= 0.3 is 14.6 Å². The van der Waals surface area contributed by atoms with Gasteiger partial charge in [0.25, 0.3) is 0 Å². The second-order valence-electron chi connectivity index (χ2n) is 7.42. The fourth-order valence-electron chi connectivity index (χ4n) is 2.44. The van der Waals surface area contributed by atoms with Crippen LogP contribution >= 0.6 is 20.4 Å². The van der Waals surface area contributed by atoms with Gasteiger partial charge in [-0.05, 0) is 18.4 Å². The van der Waals surface area contributed by atoms with Gasteiger partial charge in [0.05, 0.1) is 25.6 Å². The molecule has 33 heavy (non-hydrogen) atoms. The molecule has 186 valence electrons. The predicted molar refractivity (Wildman–Crippen MR) is 127 cm³/mol. The zero-order valence-corrected chi connectivity index (χ0v) is 21.2. The number of thioether (sulfide) groups is 1. The average molecular weight is 505 g/mol. The van der Waals surface area contributed by atoms with Crippen LogP contribution in [0.1, 0.15) is 20.3 Å². The number of hydrogen-bond acceptors (Lipinski definition) is 9. The molecule has 2 unspecified atom stereocenters. The zero-order chi connectivity index (χ0) is 24.7. The molecule has 0 aromatic rings. The molecular weight excluding hydrogens is 471 g/mol. The van der Waals surface area contributed by atoms with E-state index in [-0.39, 0.29) is 37.0 Å². The number of amides is 2. The van der Waals surface area contributed by atoms with Gasteiger partial charge < -0.3 is 24.6 Å². The van der Waals surface area contributed by atoms with Crippen molar-refractivity contribution in [2.75, 3.05) is 45.6 Å². The number of carbonyl (C=O) groups excluding carboxylic acids is 3. The van der Waals surface area contributed by atoms with Gasteiger partial charge in [-0.25, -0.2) is 4.79 Å². The molecular formula is C21H33N2O8PS. The Morgan fingerprint density at radius 1 is 1.27 bits per heavy atom. The van der Waals surface area contributed by atoms with Crippen molar-refractivity contribution in [3.05, 3.63) is 36.6 Å². The number of hydrogen-bond donors (Lipinski definition) is 2. The van der Waals surface area contributed by atoms with Crippen molar-refractivity contribution in [2.24, 2.45) is 5.41 Å². The van der Waals surface area contributed by atoms with Crippen molar-refractivity contribution in [1.29, 1.82) is 0 Å². The summed E-state index contributed by atoms with van der Waals surface area (Å²) in [6.45, 7) is 7.77. The molecule has 0 radical (unpaired) electrons. The standard InChI is InChI=1S/C21H33N2O8PS/c1-6-16(8-7-12-27-4)20(26)28-15-30-32-29-14-21(2,3)18(31-32)19(25)23-10-9-17(24)22-11-13-33-5/h6-8,12,18H,1,9-11,13-15H2,2-5H3,(H,22,24)(H,23,25)/b12-7+,16-8+. The van der Waals surface area contributed by atoms with Gasteiger partial charge in [-0.3, -0.25) is 18.6 Å². The largest absolute Gasteiger partial charge is 0.504 e. The van der Waals surface area contributed by atoms with Crippen molar-refractivity contribution >= 4 is 38.1 Å². The van der Waals surface area contributed by atoms with Gasteiger partial charge in [0, 0.05) is 30.7 Å². The molecule has 1 rings (SSSR count). The van der Waals surface area contributed by atoms with Crippen LogP contribution in [0.4, 0.5) is 0 Å². The van der Waals surface area contributed by atoms with Crippen molar-refractivity contribution in [3.8, 4) is 0 Å². The lowest BCUT2D eigenvalue weighted by Gasteiger charge is -2.39. The molecule has 2 atom stereocenters. The lowest BCUT2D eigenvalue weighted by Crippen LogP contribution is -2.49. The Labute approximate surface area is 200 Å². The van der Waals surface area contributed by atoms with E-state index in [4.69, 9.17) is 23.0 Å². The molecule has 12 heteroatoms. The summed E-state index contributed by atoms with van der Waals surface area (Å²) in [6.07, 6.45) is 7.01. The van der Waals surface area contributed by atoms with Crippen LogP contribution in [-0.2, 0) is 37.4 Å². The predicted octanol–water partition coefficient (Wildman–Crippen LogP) is 2.43. The topological polar surface area (TPSA) is 121 Å². The van der Waals surface area contributed by atoms with Crippen LogP contribution in [0.25, 0.3) is 0 Å². The smallest absolute Gasteiger partial charge is 0.340 e. The van der Waals surface area contributed by atoms with Crippen LogP contribution in [0.3, 0.4) is 0 Å². The molecule has 10 nitrogen and oxygen atoms in total. The second kappa shape index (κ2) is 15.8. The van der Waals surface area contributed by atoms with Crippen LogP contribution < -0.4 is 10.6 Å². The van der Waals surface area contributed by atoms with E-state index in [0.29, 0.717) is 6.54 Å². The zero-order valence-electron chi connectivity index (χ0n) is 19.5. The Bertz CT molecular complexity index is 729. The third kappa shape index (κ3) is 11.2. The molecule has 0 aromatic heterocycles. The van der Waals surface area contributed by atoms with Crippen molar-refractivity contribution in [2.45, 2.75) is 26.4 Å². The Morgan fingerprint density at radius 3 is 2.70 bits per heavy atom. The molecule has 1 aliphatic heterocycles. The lowest BCUT2D eigenvalue weighted by atomic mass is 9.87. The molecule has 1 fully saturated rings. The summed E-state index contributed by atoms with van der Waals surface area (Å²) < 4.78 is 26.4. The quantitative estimate of drug-likeness (QED) is 0.0699. The third-order valence-corrected chi connectivity index (χ3v) is 5.91. The van der Waals surface area contributed by atoms with E-state index in [9.17, 15) is 14.4 Å². The van der Waals surface area contributed by atoms with Crippen molar-refractivity contribution in [1.82, 2.24) is 10.6 Å². The summed E-state index contributed by atoms with van der Waals surface area (Å²) in [5, 5.41) is 5.50. The minimum Gasteiger partial charge on any atom is -0.504 e. The van der Waals surface area contributed by atoms with E-state index < -0.39 is 32.9 Å². The number of methoxy groups -OCH3 is 1. The average Bonchev–Trinajstić information content (AvgIpc) is 2.77. The van der Waals surface area contributed by atoms with E-state index in [2.05, 4.69) is 17.2 Å². The Morgan fingerprint density at radius 2 is 2.03 bits per heavy atom. The summed E-state index contributed by atoms with van der Waals surface area (Å²) in [6, 6.07) is 0. The van der Waals surface area contributed by atoms with E-state index in [1.54, 1.807) is 11.8 Å². The van der Waals surface area contributed by atoms with E-state index in [1.165, 1.54) is 31.6 Å². The highest BCUT2D eigenvalue weighted by Gasteiger charge is 2.44. The van der Waals surface area contributed by atoms with Crippen LogP contribution in [0.2, 0.25) is 0 Å². The number of allylic oxidation sites excluding steroid dienone is 2. The van der Waals surface area contributed by atoms with Gasteiger partial charge in [-0.15, -0.1) is 0 Å². The number of esters is 1. The highest BCUT2D eigenvalue weighted by Crippen LogP contribution is 2.50. The highest BCUT2D eigenvalue weighted by molar-refractivity contribution is 7.98. The van der Waals surface area contributed by atoms with Crippen LogP contribution in [0, 0.1) is 5.41 Å². The third-order valence-electron chi connectivity index (χ3n) is 4.26. The first kappa shape index (κ1) is 29.1. The summed E-state index contributed by atoms with van der Waals surface area (Å²) >= 11 is 1.64. The molecule has 1 aliphatic rings. The van der Waals surface area contributed by atoms with Gasteiger partial charge in [-0.2, -0.15) is 11.8 Å². The number of nitrogens with one attached hydrogen (secondary N) is 2. The Hall–Kier alpha value is -1.91. The van der Waals surface area contributed by atoms with E-state index in [0.717, 1.165) is 5.75 Å². The molecule has 0 spiro atoms. The normalized spacial score (nSPS) is 20.2. The fourth-order valence-corrected chi connectivity index (χ4v) is 4.08. The number of carbonyl (C=O) groups is 3. The highest BCUT2D eigenvalue weighted by atomic mass is 32.2. The maximum Gasteiger partial charge on any atom is 0.340 e. The molecule has 0 aromatic carbocycles. The van der Waals surface area contributed by atoms with Gasteiger partial charge in [0.15, 0.2) is 6.10 Å². The van der Waals surface area contributed by atoms with Gasteiger partial charge in [0.2, 0.25) is 18.6 Å². The minimum atomic E-state index is -1.91. The first-order valence-electron chi connectivity index (χ1n) is 10.2. The minimum absolute atomic E-state index is 0.130.